The van der Waals surface area contributed by atoms with Crippen LogP contribution in [0.5, 0.6) is 0 Å². The van der Waals surface area contributed by atoms with E-state index in [2.05, 4.69) is 23.1 Å². The first-order valence-electron chi connectivity index (χ1n) is 6.49. The molecular weight excluding hydrogens is 228 g/mol. The summed E-state index contributed by atoms with van der Waals surface area (Å²) in [6.45, 7) is 1.70. The van der Waals surface area contributed by atoms with Crippen molar-refractivity contribution in [3.8, 4) is 0 Å². The summed E-state index contributed by atoms with van der Waals surface area (Å²) in [5.41, 5.74) is 8.17. The average Bonchev–Trinajstić information content (AvgIpc) is 2.58. The first kappa shape index (κ1) is 12.9. The van der Waals surface area contributed by atoms with Crippen molar-refractivity contribution in [3.63, 3.8) is 0 Å². The van der Waals surface area contributed by atoms with Crippen molar-refractivity contribution in [1.29, 1.82) is 0 Å². The monoisotopic (exact) mass is 248 g/mol. The lowest BCUT2D eigenvalue weighted by molar-refractivity contribution is -0.138. The number of nitrogens with two attached hydrogens (primary N) is 1. The van der Waals surface area contributed by atoms with Gasteiger partial charge in [0.05, 0.1) is 0 Å². The van der Waals surface area contributed by atoms with Gasteiger partial charge in [-0.1, -0.05) is 18.2 Å². The first-order chi connectivity index (χ1) is 8.68. The highest BCUT2D eigenvalue weighted by Gasteiger charge is 2.17. The number of carboxylic acid groups (broad SMARTS) is 1. The van der Waals surface area contributed by atoms with E-state index in [-0.39, 0.29) is 0 Å². The summed E-state index contributed by atoms with van der Waals surface area (Å²) < 4.78 is 0. The zero-order valence-electron chi connectivity index (χ0n) is 10.5. The Morgan fingerprint density at radius 2 is 2.17 bits per heavy atom. The van der Waals surface area contributed by atoms with Crippen LogP contribution in [0, 0.1) is 0 Å². The molecule has 1 atom stereocenters. The average molecular weight is 248 g/mol. The molecular formula is C14H20N2O2. The molecule has 0 bridgehead atoms. The van der Waals surface area contributed by atoms with Crippen LogP contribution < -0.4 is 10.6 Å². The maximum Gasteiger partial charge on any atom is 0.320 e. The summed E-state index contributed by atoms with van der Waals surface area (Å²) in [5.74, 6) is -0.918. The molecule has 1 aromatic rings. The van der Waals surface area contributed by atoms with E-state index >= 15 is 0 Å². The number of carbonyl (C=O) groups is 1. The molecule has 0 saturated carbocycles. The Labute approximate surface area is 107 Å². The summed E-state index contributed by atoms with van der Waals surface area (Å²) >= 11 is 0. The van der Waals surface area contributed by atoms with Crippen LogP contribution in [0.25, 0.3) is 0 Å². The standard InChI is InChI=1S/C14H20N2O2/c15-12(14(17)18)8-10-16-9-4-3-6-11-5-1-2-7-13(11)16/h1-2,5,7,12H,3-4,6,8-10,15H2,(H,17,18). The second-order valence-corrected chi connectivity index (χ2v) is 4.81. The van der Waals surface area contributed by atoms with E-state index in [1.54, 1.807) is 0 Å². The number of aliphatic carboxylic acids is 1. The van der Waals surface area contributed by atoms with Gasteiger partial charge in [0, 0.05) is 18.8 Å². The Bertz CT molecular complexity index is 420. The van der Waals surface area contributed by atoms with Crippen LogP contribution in [0.1, 0.15) is 24.8 Å². The number of anilines is 1. The summed E-state index contributed by atoms with van der Waals surface area (Å²) in [7, 11) is 0. The summed E-state index contributed by atoms with van der Waals surface area (Å²) in [6.07, 6.45) is 3.94. The molecule has 0 radical (unpaired) electrons. The fourth-order valence-corrected chi connectivity index (χ4v) is 2.42. The van der Waals surface area contributed by atoms with E-state index in [1.165, 1.54) is 17.7 Å². The molecule has 18 heavy (non-hydrogen) atoms. The molecule has 1 aromatic carbocycles. The van der Waals surface area contributed by atoms with Gasteiger partial charge in [0.15, 0.2) is 0 Å². The third kappa shape index (κ3) is 3.01. The van der Waals surface area contributed by atoms with Crippen molar-refractivity contribution in [2.24, 2.45) is 5.73 Å². The van der Waals surface area contributed by atoms with Crippen molar-refractivity contribution in [2.75, 3.05) is 18.0 Å². The molecule has 1 unspecified atom stereocenters. The van der Waals surface area contributed by atoms with Crippen molar-refractivity contribution >= 4 is 11.7 Å². The van der Waals surface area contributed by atoms with E-state index in [9.17, 15) is 4.79 Å². The Balaban J connectivity index is 2.06. The lowest BCUT2D eigenvalue weighted by atomic mass is 10.1. The van der Waals surface area contributed by atoms with Crippen LogP contribution >= 0.6 is 0 Å². The molecule has 0 fully saturated rings. The molecule has 1 aliphatic rings. The predicted molar refractivity (Wildman–Crippen MR) is 71.8 cm³/mol. The normalized spacial score (nSPS) is 16.8. The number of carboxylic acids is 1. The van der Waals surface area contributed by atoms with Gasteiger partial charge in [0.2, 0.25) is 0 Å². The fourth-order valence-electron chi connectivity index (χ4n) is 2.42. The fraction of sp³-hybridized carbons (Fsp3) is 0.500. The molecule has 1 aliphatic heterocycles. The molecule has 0 saturated heterocycles. The van der Waals surface area contributed by atoms with E-state index in [4.69, 9.17) is 10.8 Å². The number of hydrogen-bond acceptors (Lipinski definition) is 3. The highest BCUT2D eigenvalue weighted by atomic mass is 16.4. The van der Waals surface area contributed by atoms with Gasteiger partial charge >= 0.3 is 5.97 Å². The van der Waals surface area contributed by atoms with Crippen LogP contribution in [0.3, 0.4) is 0 Å². The maximum absolute atomic E-state index is 10.7. The molecule has 0 amide bonds. The molecule has 3 N–H and O–H groups in total. The van der Waals surface area contributed by atoms with E-state index in [1.807, 2.05) is 6.07 Å². The van der Waals surface area contributed by atoms with Gasteiger partial charge in [-0.15, -0.1) is 0 Å². The second-order valence-electron chi connectivity index (χ2n) is 4.81. The minimum absolute atomic E-state index is 0.490. The Morgan fingerprint density at radius 3 is 2.94 bits per heavy atom. The van der Waals surface area contributed by atoms with E-state index < -0.39 is 12.0 Å². The van der Waals surface area contributed by atoms with Crippen LogP contribution in [-0.2, 0) is 11.2 Å². The molecule has 4 nitrogen and oxygen atoms in total. The quantitative estimate of drug-likeness (QED) is 0.850. The molecule has 98 valence electrons. The van der Waals surface area contributed by atoms with Crippen LogP contribution in [0.2, 0.25) is 0 Å². The van der Waals surface area contributed by atoms with Gasteiger partial charge in [-0.25, -0.2) is 0 Å². The third-order valence-electron chi connectivity index (χ3n) is 3.48. The third-order valence-corrected chi connectivity index (χ3v) is 3.48. The van der Waals surface area contributed by atoms with Crippen molar-refractivity contribution in [2.45, 2.75) is 31.7 Å². The molecule has 2 rings (SSSR count). The Morgan fingerprint density at radius 1 is 1.39 bits per heavy atom. The van der Waals surface area contributed by atoms with Crippen LogP contribution in [0.15, 0.2) is 24.3 Å². The number of para-hydroxylation sites is 1. The smallest absolute Gasteiger partial charge is 0.320 e. The highest BCUT2D eigenvalue weighted by Crippen LogP contribution is 2.26. The minimum atomic E-state index is -0.918. The largest absolute Gasteiger partial charge is 0.480 e. The molecule has 0 aliphatic carbocycles. The van der Waals surface area contributed by atoms with E-state index in [0.29, 0.717) is 13.0 Å². The van der Waals surface area contributed by atoms with E-state index in [0.717, 1.165) is 19.4 Å². The zero-order chi connectivity index (χ0) is 13.0. The molecule has 0 spiro atoms. The Hall–Kier alpha value is -1.55. The zero-order valence-corrected chi connectivity index (χ0v) is 10.5. The van der Waals surface area contributed by atoms with Gasteiger partial charge in [-0.2, -0.15) is 0 Å². The molecule has 0 aromatic heterocycles. The van der Waals surface area contributed by atoms with Gasteiger partial charge < -0.3 is 15.7 Å². The maximum atomic E-state index is 10.7. The van der Waals surface area contributed by atoms with Gasteiger partial charge in [0.1, 0.15) is 6.04 Å². The number of rotatable bonds is 4. The van der Waals surface area contributed by atoms with Gasteiger partial charge in [-0.05, 0) is 37.3 Å². The molecule has 4 heteroatoms. The van der Waals surface area contributed by atoms with Crippen molar-refractivity contribution in [1.82, 2.24) is 0 Å². The van der Waals surface area contributed by atoms with Crippen molar-refractivity contribution in [3.05, 3.63) is 29.8 Å². The van der Waals surface area contributed by atoms with Gasteiger partial charge in [0.25, 0.3) is 0 Å². The van der Waals surface area contributed by atoms with Crippen LogP contribution in [-0.4, -0.2) is 30.2 Å². The summed E-state index contributed by atoms with van der Waals surface area (Å²) in [6, 6.07) is 7.61. The number of benzene rings is 1. The Kier molecular flexibility index (Phi) is 4.20. The topological polar surface area (TPSA) is 66.6 Å². The number of hydrogen-bond donors (Lipinski definition) is 2. The number of fused-ring (bicyclic) bond motifs is 1. The molecule has 1 heterocycles. The summed E-state index contributed by atoms with van der Waals surface area (Å²) in [5, 5.41) is 8.82. The number of aryl methyl sites for hydroxylation is 1. The number of nitrogens with zero attached hydrogens (tertiary/aromatic N) is 1. The predicted octanol–water partition coefficient (Wildman–Crippen LogP) is 1.63. The van der Waals surface area contributed by atoms with Crippen molar-refractivity contribution < 1.29 is 9.90 Å². The SMILES string of the molecule is NC(CCN1CCCCc2ccccc21)C(=O)O. The highest BCUT2D eigenvalue weighted by molar-refractivity contribution is 5.73. The second kappa shape index (κ2) is 5.87. The minimum Gasteiger partial charge on any atom is -0.480 e. The lowest BCUT2D eigenvalue weighted by Gasteiger charge is -2.25. The lowest BCUT2D eigenvalue weighted by Crippen LogP contribution is -2.36. The summed E-state index contributed by atoms with van der Waals surface area (Å²) in [4.78, 5) is 13.0. The van der Waals surface area contributed by atoms with Crippen LogP contribution in [0.4, 0.5) is 5.69 Å². The van der Waals surface area contributed by atoms with Gasteiger partial charge in [-0.3, -0.25) is 4.79 Å². The first-order valence-corrected chi connectivity index (χ1v) is 6.49.